The van der Waals surface area contributed by atoms with Crippen LogP contribution in [0.2, 0.25) is 5.02 Å². The lowest BCUT2D eigenvalue weighted by atomic mass is 10.3. The molecule has 0 atom stereocenters. The van der Waals surface area contributed by atoms with Crippen molar-refractivity contribution in [3.05, 3.63) is 23.4 Å². The Kier molecular flexibility index (Phi) is 5.77. The molecule has 0 unspecified atom stereocenters. The van der Waals surface area contributed by atoms with E-state index < -0.39 is 0 Å². The fourth-order valence-electron chi connectivity index (χ4n) is 1.51. The number of anilines is 1. The van der Waals surface area contributed by atoms with Gasteiger partial charge in [-0.2, -0.15) is 0 Å². The quantitative estimate of drug-likeness (QED) is 0.849. The number of nitrogens with one attached hydrogen (secondary N) is 1. The zero-order valence-corrected chi connectivity index (χ0v) is 11.0. The fraction of sp³-hybridized carbons (Fsp3) is 0.500. The second kappa shape index (κ2) is 7.12. The lowest BCUT2D eigenvalue weighted by Gasteiger charge is -2.18. The largest absolute Gasteiger partial charge is 0.370 e. The van der Waals surface area contributed by atoms with E-state index in [1.54, 1.807) is 18.3 Å². The molecule has 0 aliphatic carbocycles. The minimum absolute atomic E-state index is 0.163. The minimum Gasteiger partial charge on any atom is -0.370 e. The van der Waals surface area contributed by atoms with Crippen LogP contribution in [0.15, 0.2) is 18.3 Å². The molecular formula is C12H18ClN3O. The first-order valence-corrected chi connectivity index (χ1v) is 6.18. The average molecular weight is 256 g/mol. The number of amides is 1. The Morgan fingerprint density at radius 1 is 1.41 bits per heavy atom. The first-order chi connectivity index (χ1) is 8.17. The van der Waals surface area contributed by atoms with Gasteiger partial charge in [0.2, 0.25) is 5.91 Å². The summed E-state index contributed by atoms with van der Waals surface area (Å²) in [6.07, 6.45) is 2.06. The molecule has 0 bridgehead atoms. The Hall–Kier alpha value is -1.29. The number of carbonyl (C=O) groups is 1. The molecule has 1 heterocycles. The summed E-state index contributed by atoms with van der Waals surface area (Å²) in [7, 11) is 0. The van der Waals surface area contributed by atoms with Gasteiger partial charge in [-0.15, -0.1) is 0 Å². The topological polar surface area (TPSA) is 45.2 Å². The molecule has 0 saturated heterocycles. The van der Waals surface area contributed by atoms with Gasteiger partial charge in [-0.1, -0.05) is 11.6 Å². The molecule has 0 aromatic carbocycles. The number of pyridine rings is 1. The standard InChI is InChI=1S/C12H18ClN3O/c1-3-16(4-2)12(17)7-8-14-11-6-5-10(13)9-15-11/h5-6,9H,3-4,7-8H2,1-2H3,(H,14,15). The number of aromatic nitrogens is 1. The van der Waals surface area contributed by atoms with Gasteiger partial charge in [0.1, 0.15) is 5.82 Å². The van der Waals surface area contributed by atoms with Gasteiger partial charge in [0.15, 0.2) is 0 Å². The van der Waals surface area contributed by atoms with E-state index in [0.29, 0.717) is 18.0 Å². The minimum atomic E-state index is 0.163. The third kappa shape index (κ3) is 4.61. The molecule has 1 aromatic rings. The molecule has 1 N–H and O–H groups in total. The molecule has 4 nitrogen and oxygen atoms in total. The van der Waals surface area contributed by atoms with Gasteiger partial charge in [-0.25, -0.2) is 4.98 Å². The highest BCUT2D eigenvalue weighted by atomic mass is 35.5. The molecule has 0 spiro atoms. The number of carbonyl (C=O) groups excluding carboxylic acids is 1. The van der Waals surface area contributed by atoms with Crippen LogP contribution in [0.3, 0.4) is 0 Å². The maximum atomic E-state index is 11.7. The number of rotatable bonds is 6. The number of hydrogen-bond donors (Lipinski definition) is 1. The second-order valence-electron chi connectivity index (χ2n) is 3.60. The lowest BCUT2D eigenvalue weighted by molar-refractivity contribution is -0.130. The lowest BCUT2D eigenvalue weighted by Crippen LogP contribution is -2.31. The van der Waals surface area contributed by atoms with Crippen molar-refractivity contribution < 1.29 is 4.79 Å². The van der Waals surface area contributed by atoms with Gasteiger partial charge in [-0.3, -0.25) is 4.79 Å². The van der Waals surface area contributed by atoms with Crippen molar-refractivity contribution in [2.24, 2.45) is 0 Å². The second-order valence-corrected chi connectivity index (χ2v) is 4.04. The first kappa shape index (κ1) is 13.8. The Morgan fingerprint density at radius 3 is 2.65 bits per heavy atom. The van der Waals surface area contributed by atoms with Crippen molar-refractivity contribution in [3.63, 3.8) is 0 Å². The van der Waals surface area contributed by atoms with E-state index in [2.05, 4.69) is 10.3 Å². The summed E-state index contributed by atoms with van der Waals surface area (Å²) < 4.78 is 0. The third-order valence-corrected chi connectivity index (χ3v) is 2.71. The van der Waals surface area contributed by atoms with Crippen molar-refractivity contribution in [3.8, 4) is 0 Å². The van der Waals surface area contributed by atoms with Crippen molar-refractivity contribution in [1.82, 2.24) is 9.88 Å². The Morgan fingerprint density at radius 2 is 2.12 bits per heavy atom. The SMILES string of the molecule is CCN(CC)C(=O)CCNc1ccc(Cl)cn1. The predicted octanol–water partition coefficient (Wildman–Crippen LogP) is 2.41. The zero-order valence-electron chi connectivity index (χ0n) is 10.2. The van der Waals surface area contributed by atoms with Gasteiger partial charge in [-0.05, 0) is 26.0 Å². The molecule has 5 heteroatoms. The Balaban J connectivity index is 2.32. The number of halogens is 1. The van der Waals surface area contributed by atoms with E-state index in [1.807, 2.05) is 18.7 Å². The highest BCUT2D eigenvalue weighted by Crippen LogP contribution is 2.09. The zero-order chi connectivity index (χ0) is 12.7. The van der Waals surface area contributed by atoms with E-state index in [0.717, 1.165) is 18.9 Å². The summed E-state index contributed by atoms with van der Waals surface area (Å²) in [6.45, 7) is 6.07. The van der Waals surface area contributed by atoms with Crippen LogP contribution >= 0.6 is 11.6 Å². The summed E-state index contributed by atoms with van der Waals surface area (Å²) in [6, 6.07) is 3.56. The summed E-state index contributed by atoms with van der Waals surface area (Å²) in [5.41, 5.74) is 0. The molecule has 0 aliphatic heterocycles. The van der Waals surface area contributed by atoms with E-state index in [1.165, 1.54) is 0 Å². The highest BCUT2D eigenvalue weighted by Gasteiger charge is 2.08. The molecule has 0 aliphatic rings. The molecule has 94 valence electrons. The first-order valence-electron chi connectivity index (χ1n) is 5.80. The average Bonchev–Trinajstić information content (AvgIpc) is 2.33. The van der Waals surface area contributed by atoms with Gasteiger partial charge >= 0.3 is 0 Å². The number of hydrogen-bond acceptors (Lipinski definition) is 3. The Labute approximate surface area is 107 Å². The molecule has 1 amide bonds. The normalized spacial score (nSPS) is 10.1. The van der Waals surface area contributed by atoms with E-state index >= 15 is 0 Å². The van der Waals surface area contributed by atoms with Crippen LogP contribution < -0.4 is 5.32 Å². The molecule has 17 heavy (non-hydrogen) atoms. The van der Waals surface area contributed by atoms with Crippen molar-refractivity contribution in [2.45, 2.75) is 20.3 Å². The maximum Gasteiger partial charge on any atom is 0.224 e. The van der Waals surface area contributed by atoms with Gasteiger partial charge in [0, 0.05) is 32.3 Å². The van der Waals surface area contributed by atoms with Crippen LogP contribution in [-0.2, 0) is 4.79 Å². The van der Waals surface area contributed by atoms with Crippen LogP contribution in [-0.4, -0.2) is 35.4 Å². The van der Waals surface area contributed by atoms with Gasteiger partial charge < -0.3 is 10.2 Å². The monoisotopic (exact) mass is 255 g/mol. The van der Waals surface area contributed by atoms with Crippen LogP contribution in [0.4, 0.5) is 5.82 Å². The maximum absolute atomic E-state index is 11.7. The Bertz CT molecular complexity index is 349. The van der Waals surface area contributed by atoms with Crippen LogP contribution in [0.25, 0.3) is 0 Å². The van der Waals surface area contributed by atoms with E-state index in [4.69, 9.17) is 11.6 Å². The molecule has 0 fully saturated rings. The van der Waals surface area contributed by atoms with Crippen LogP contribution in [0.5, 0.6) is 0 Å². The summed E-state index contributed by atoms with van der Waals surface area (Å²) >= 11 is 5.72. The molecule has 0 radical (unpaired) electrons. The summed E-state index contributed by atoms with van der Waals surface area (Å²) in [4.78, 5) is 17.6. The van der Waals surface area contributed by atoms with Crippen LogP contribution in [0.1, 0.15) is 20.3 Å². The smallest absolute Gasteiger partial charge is 0.224 e. The molecule has 0 saturated carbocycles. The van der Waals surface area contributed by atoms with Gasteiger partial charge in [0.05, 0.1) is 5.02 Å². The summed E-state index contributed by atoms with van der Waals surface area (Å²) in [5.74, 6) is 0.901. The van der Waals surface area contributed by atoms with Crippen molar-refractivity contribution in [2.75, 3.05) is 25.0 Å². The van der Waals surface area contributed by atoms with Crippen molar-refractivity contribution in [1.29, 1.82) is 0 Å². The predicted molar refractivity (Wildman–Crippen MR) is 70.3 cm³/mol. The van der Waals surface area contributed by atoms with Crippen LogP contribution in [0, 0.1) is 0 Å². The molecule has 1 rings (SSSR count). The molecule has 1 aromatic heterocycles. The fourth-order valence-corrected chi connectivity index (χ4v) is 1.62. The summed E-state index contributed by atoms with van der Waals surface area (Å²) in [5, 5.41) is 3.69. The third-order valence-electron chi connectivity index (χ3n) is 2.49. The highest BCUT2D eigenvalue weighted by molar-refractivity contribution is 6.30. The van der Waals surface area contributed by atoms with Crippen molar-refractivity contribution >= 4 is 23.3 Å². The van der Waals surface area contributed by atoms with E-state index in [9.17, 15) is 4.79 Å². The number of nitrogens with zero attached hydrogens (tertiary/aromatic N) is 2. The van der Waals surface area contributed by atoms with E-state index in [-0.39, 0.29) is 5.91 Å². The molecular weight excluding hydrogens is 238 g/mol. The van der Waals surface area contributed by atoms with Gasteiger partial charge in [0.25, 0.3) is 0 Å².